The van der Waals surface area contributed by atoms with Crippen molar-refractivity contribution < 1.29 is 23.0 Å². The van der Waals surface area contributed by atoms with Crippen LogP contribution < -0.4 is 9.47 Å². The van der Waals surface area contributed by atoms with Crippen LogP contribution in [0.2, 0.25) is 0 Å². The monoisotopic (exact) mass is 413 g/mol. The highest BCUT2D eigenvalue weighted by molar-refractivity contribution is 9.10. The Kier molecular flexibility index (Phi) is 6.75. The molecule has 25 heavy (non-hydrogen) atoms. The zero-order valence-corrected chi connectivity index (χ0v) is 15.4. The van der Waals surface area contributed by atoms with Gasteiger partial charge >= 0.3 is 6.61 Å². The minimum Gasteiger partial charge on any atom is -0.490 e. The summed E-state index contributed by atoms with van der Waals surface area (Å²) in [6.07, 6.45) is 0. The fraction of sp³-hybridized carbons (Fsp3) is 0.278. The Balaban J connectivity index is 2.14. The van der Waals surface area contributed by atoms with Crippen LogP contribution in [-0.2, 0) is 6.54 Å². The predicted octanol–water partition coefficient (Wildman–Crippen LogP) is 4.72. The van der Waals surface area contributed by atoms with Crippen LogP contribution in [0.1, 0.15) is 22.8 Å². The molecular formula is C18H18BrF2NO3. The lowest BCUT2D eigenvalue weighted by molar-refractivity contribution is -0.0514. The van der Waals surface area contributed by atoms with Crippen molar-refractivity contribution in [2.24, 2.45) is 0 Å². The summed E-state index contributed by atoms with van der Waals surface area (Å²) >= 11 is 3.33. The summed E-state index contributed by atoms with van der Waals surface area (Å²) in [7, 11) is 1.67. The topological polar surface area (TPSA) is 38.8 Å². The van der Waals surface area contributed by atoms with E-state index >= 15 is 0 Å². The molecule has 0 aromatic heterocycles. The highest BCUT2D eigenvalue weighted by Crippen LogP contribution is 2.30. The minimum absolute atomic E-state index is 0.0255. The third-order valence-electron chi connectivity index (χ3n) is 3.38. The van der Waals surface area contributed by atoms with E-state index in [1.54, 1.807) is 55.3 Å². The number of hydrogen-bond donors (Lipinski definition) is 0. The molecule has 0 saturated heterocycles. The smallest absolute Gasteiger partial charge is 0.387 e. The third-order valence-corrected chi connectivity index (χ3v) is 3.91. The van der Waals surface area contributed by atoms with Crippen molar-refractivity contribution >= 4 is 21.8 Å². The number of halogens is 3. The second kappa shape index (κ2) is 8.80. The average molecular weight is 414 g/mol. The van der Waals surface area contributed by atoms with Gasteiger partial charge in [0.25, 0.3) is 5.91 Å². The van der Waals surface area contributed by atoms with Crippen LogP contribution in [-0.4, -0.2) is 31.1 Å². The second-order valence-electron chi connectivity index (χ2n) is 5.26. The molecule has 0 spiro atoms. The maximum Gasteiger partial charge on any atom is 0.387 e. The molecule has 0 unspecified atom stereocenters. The molecule has 2 rings (SSSR count). The summed E-state index contributed by atoms with van der Waals surface area (Å²) in [5, 5.41) is 0. The maximum absolute atomic E-state index is 12.4. The van der Waals surface area contributed by atoms with Gasteiger partial charge in [0.15, 0.2) is 11.5 Å². The second-order valence-corrected chi connectivity index (χ2v) is 6.18. The molecule has 7 heteroatoms. The van der Waals surface area contributed by atoms with Crippen molar-refractivity contribution in [3.63, 3.8) is 0 Å². The molecule has 2 aromatic rings. The van der Waals surface area contributed by atoms with Crippen molar-refractivity contribution in [2.45, 2.75) is 20.1 Å². The van der Waals surface area contributed by atoms with E-state index in [2.05, 4.69) is 20.7 Å². The summed E-state index contributed by atoms with van der Waals surface area (Å²) < 4.78 is 35.6. The summed E-state index contributed by atoms with van der Waals surface area (Å²) in [5.74, 6) is 0.0608. The maximum atomic E-state index is 12.4. The minimum atomic E-state index is -2.92. The molecule has 0 bridgehead atoms. The van der Waals surface area contributed by atoms with Gasteiger partial charge in [-0.05, 0) is 48.9 Å². The van der Waals surface area contributed by atoms with Crippen LogP contribution >= 0.6 is 15.9 Å². The van der Waals surface area contributed by atoms with Crippen LogP contribution in [0.15, 0.2) is 46.9 Å². The standard InChI is InChI=1S/C18H18BrF2NO3/c1-3-24-16-10-12(4-9-15(16)25-18(20)21)11-22(2)17(23)13-5-7-14(19)8-6-13/h4-10,18H,3,11H2,1-2H3. The first-order valence-corrected chi connectivity index (χ1v) is 8.41. The van der Waals surface area contributed by atoms with Crippen LogP contribution in [0, 0.1) is 0 Å². The van der Waals surface area contributed by atoms with Crippen molar-refractivity contribution in [1.82, 2.24) is 4.90 Å². The average Bonchev–Trinajstić information content (AvgIpc) is 2.57. The number of rotatable bonds is 7. The number of amides is 1. The molecule has 0 fully saturated rings. The first-order valence-electron chi connectivity index (χ1n) is 7.62. The molecule has 0 aliphatic carbocycles. The fourth-order valence-corrected chi connectivity index (χ4v) is 2.54. The highest BCUT2D eigenvalue weighted by Gasteiger charge is 2.15. The molecule has 2 aromatic carbocycles. The van der Waals surface area contributed by atoms with Crippen LogP contribution in [0.3, 0.4) is 0 Å². The Hall–Kier alpha value is -2.15. The first-order chi connectivity index (χ1) is 11.9. The highest BCUT2D eigenvalue weighted by atomic mass is 79.9. The van der Waals surface area contributed by atoms with Crippen LogP contribution in [0.5, 0.6) is 11.5 Å². The number of benzene rings is 2. The normalized spacial score (nSPS) is 10.6. The van der Waals surface area contributed by atoms with E-state index < -0.39 is 6.61 Å². The predicted molar refractivity (Wildman–Crippen MR) is 94.2 cm³/mol. The van der Waals surface area contributed by atoms with Crippen molar-refractivity contribution in [3.05, 3.63) is 58.1 Å². The van der Waals surface area contributed by atoms with Crippen LogP contribution in [0.4, 0.5) is 8.78 Å². The van der Waals surface area contributed by atoms with Crippen molar-refractivity contribution in [2.75, 3.05) is 13.7 Å². The molecular weight excluding hydrogens is 396 g/mol. The Bertz CT molecular complexity index is 723. The van der Waals surface area contributed by atoms with E-state index in [1.165, 1.54) is 6.07 Å². The van der Waals surface area contributed by atoms with Gasteiger partial charge in [-0.1, -0.05) is 22.0 Å². The van der Waals surface area contributed by atoms with Gasteiger partial charge in [0, 0.05) is 23.6 Å². The van der Waals surface area contributed by atoms with Gasteiger partial charge in [0.2, 0.25) is 0 Å². The molecule has 0 saturated carbocycles. The number of nitrogens with zero attached hydrogens (tertiary/aromatic N) is 1. The Labute approximate surface area is 153 Å². The summed E-state index contributed by atoms with van der Waals surface area (Å²) in [6, 6.07) is 11.7. The SMILES string of the molecule is CCOc1cc(CN(C)C(=O)c2ccc(Br)cc2)ccc1OC(F)F. The van der Waals surface area contributed by atoms with Gasteiger partial charge in [-0.3, -0.25) is 4.79 Å². The molecule has 1 amide bonds. The number of alkyl halides is 2. The summed E-state index contributed by atoms with van der Waals surface area (Å²) in [6.45, 7) is -0.547. The van der Waals surface area contributed by atoms with E-state index in [1.807, 2.05) is 0 Å². The lowest BCUT2D eigenvalue weighted by Crippen LogP contribution is -2.26. The zero-order chi connectivity index (χ0) is 18.4. The molecule has 4 nitrogen and oxygen atoms in total. The van der Waals surface area contributed by atoms with Crippen molar-refractivity contribution in [3.8, 4) is 11.5 Å². The molecule has 0 aliphatic heterocycles. The van der Waals surface area contributed by atoms with E-state index in [9.17, 15) is 13.6 Å². The molecule has 134 valence electrons. The summed E-state index contributed by atoms with van der Waals surface area (Å²) in [5.41, 5.74) is 1.31. The molecule has 0 atom stereocenters. The van der Waals surface area contributed by atoms with Gasteiger partial charge < -0.3 is 14.4 Å². The number of carbonyl (C=O) groups excluding carboxylic acids is 1. The van der Waals surface area contributed by atoms with Gasteiger partial charge in [0.05, 0.1) is 6.61 Å². The van der Waals surface area contributed by atoms with Crippen molar-refractivity contribution in [1.29, 1.82) is 0 Å². The molecule has 0 heterocycles. The molecule has 0 radical (unpaired) electrons. The van der Waals surface area contributed by atoms with Crippen LogP contribution in [0.25, 0.3) is 0 Å². The van der Waals surface area contributed by atoms with Gasteiger partial charge in [-0.25, -0.2) is 0 Å². The van der Waals surface area contributed by atoms with Gasteiger partial charge in [-0.15, -0.1) is 0 Å². The van der Waals surface area contributed by atoms with E-state index in [0.29, 0.717) is 18.7 Å². The zero-order valence-electron chi connectivity index (χ0n) is 13.8. The Morgan fingerprint density at radius 2 is 1.84 bits per heavy atom. The third kappa shape index (κ3) is 5.42. The lowest BCUT2D eigenvalue weighted by atomic mass is 10.1. The van der Waals surface area contributed by atoms with E-state index in [-0.39, 0.29) is 17.4 Å². The molecule has 0 aliphatic rings. The van der Waals surface area contributed by atoms with E-state index in [4.69, 9.17) is 4.74 Å². The largest absolute Gasteiger partial charge is 0.490 e. The number of carbonyl (C=O) groups is 1. The molecule has 0 N–H and O–H groups in total. The van der Waals surface area contributed by atoms with Gasteiger partial charge in [0.1, 0.15) is 0 Å². The Morgan fingerprint density at radius 1 is 1.16 bits per heavy atom. The lowest BCUT2D eigenvalue weighted by Gasteiger charge is -2.19. The first kappa shape index (κ1) is 19.2. The van der Waals surface area contributed by atoms with E-state index in [0.717, 1.165) is 10.0 Å². The summed E-state index contributed by atoms with van der Waals surface area (Å²) in [4.78, 5) is 14.0. The fourth-order valence-electron chi connectivity index (χ4n) is 2.27. The number of hydrogen-bond acceptors (Lipinski definition) is 3. The number of ether oxygens (including phenoxy) is 2. The van der Waals surface area contributed by atoms with Gasteiger partial charge in [-0.2, -0.15) is 8.78 Å². The Morgan fingerprint density at radius 3 is 2.44 bits per heavy atom. The quantitative estimate of drug-likeness (QED) is 0.658.